The molecule has 1 saturated heterocycles. The fourth-order valence-electron chi connectivity index (χ4n) is 3.49. The highest BCUT2D eigenvalue weighted by molar-refractivity contribution is 5.89. The number of carbonyl (C=O) groups excluding carboxylic acids is 2. The van der Waals surface area contributed by atoms with E-state index in [2.05, 4.69) is 28.6 Å². The molecule has 162 valence electrons. The second-order valence-corrected chi connectivity index (χ2v) is 8.38. The molecule has 1 aliphatic heterocycles. The van der Waals surface area contributed by atoms with Crippen molar-refractivity contribution < 1.29 is 23.8 Å². The van der Waals surface area contributed by atoms with E-state index in [9.17, 15) is 9.59 Å². The van der Waals surface area contributed by atoms with Gasteiger partial charge in [-0.15, -0.1) is 0 Å². The molecule has 0 spiro atoms. The fraction of sp³-hybridized carbons (Fsp3) is 0.667. The summed E-state index contributed by atoms with van der Waals surface area (Å²) >= 11 is 0. The van der Waals surface area contributed by atoms with Crippen molar-refractivity contribution in [1.82, 2.24) is 9.88 Å². The lowest BCUT2D eigenvalue weighted by Crippen LogP contribution is -2.57. The van der Waals surface area contributed by atoms with Gasteiger partial charge >= 0.3 is 11.9 Å². The highest BCUT2D eigenvalue weighted by atomic mass is 16.6. The molecule has 2 rings (SSSR count). The molecule has 2 atom stereocenters. The van der Waals surface area contributed by atoms with E-state index >= 15 is 0 Å². The minimum absolute atomic E-state index is 0.0313. The van der Waals surface area contributed by atoms with E-state index in [1.165, 1.54) is 7.11 Å². The molecule has 0 bridgehead atoms. The molecule has 0 saturated carbocycles. The zero-order valence-corrected chi connectivity index (χ0v) is 18.3. The predicted octanol–water partition coefficient (Wildman–Crippen LogP) is 2.13. The van der Waals surface area contributed by atoms with Crippen LogP contribution in [-0.2, 0) is 19.0 Å². The molecule has 0 amide bonds. The Morgan fingerprint density at radius 1 is 1.17 bits per heavy atom. The van der Waals surface area contributed by atoms with Gasteiger partial charge in [-0.3, -0.25) is 4.90 Å². The number of esters is 2. The summed E-state index contributed by atoms with van der Waals surface area (Å²) in [4.78, 5) is 32.3. The number of hydrogen-bond donors (Lipinski definition) is 0. The van der Waals surface area contributed by atoms with Crippen molar-refractivity contribution in [2.24, 2.45) is 0 Å². The largest absolute Gasteiger partial charge is 0.465 e. The van der Waals surface area contributed by atoms with Crippen LogP contribution in [-0.4, -0.2) is 79.5 Å². The van der Waals surface area contributed by atoms with Crippen LogP contribution in [0.25, 0.3) is 0 Å². The monoisotopic (exact) mass is 407 g/mol. The van der Waals surface area contributed by atoms with E-state index in [1.807, 2.05) is 26.8 Å². The van der Waals surface area contributed by atoms with Gasteiger partial charge in [-0.2, -0.15) is 0 Å². The Morgan fingerprint density at radius 3 is 2.34 bits per heavy atom. The third-order valence-corrected chi connectivity index (χ3v) is 4.73. The third kappa shape index (κ3) is 6.97. The fourth-order valence-corrected chi connectivity index (χ4v) is 3.49. The normalized spacial score (nSPS) is 20.4. The zero-order chi connectivity index (χ0) is 21.6. The molecule has 1 aliphatic rings. The molecule has 2 heterocycles. The summed E-state index contributed by atoms with van der Waals surface area (Å²) in [7, 11) is 1.36. The van der Waals surface area contributed by atoms with E-state index in [0.29, 0.717) is 24.3 Å². The van der Waals surface area contributed by atoms with Crippen molar-refractivity contribution in [2.75, 3.05) is 44.9 Å². The third-order valence-electron chi connectivity index (χ3n) is 4.73. The molecular weight excluding hydrogens is 374 g/mol. The van der Waals surface area contributed by atoms with E-state index in [4.69, 9.17) is 14.2 Å². The molecule has 0 N–H and O–H groups in total. The number of methoxy groups -OCH3 is 1. The molecule has 0 aromatic carbocycles. The quantitative estimate of drug-likeness (QED) is 0.502. The maximum Gasteiger partial charge on any atom is 0.339 e. The predicted molar refractivity (Wildman–Crippen MR) is 110 cm³/mol. The van der Waals surface area contributed by atoms with Crippen molar-refractivity contribution in [3.8, 4) is 0 Å². The van der Waals surface area contributed by atoms with Crippen LogP contribution in [0.4, 0.5) is 5.82 Å². The first-order chi connectivity index (χ1) is 13.6. The second-order valence-electron chi connectivity index (χ2n) is 8.38. The molecule has 0 unspecified atom stereocenters. The first-order valence-corrected chi connectivity index (χ1v) is 9.95. The van der Waals surface area contributed by atoms with Crippen molar-refractivity contribution >= 4 is 17.8 Å². The van der Waals surface area contributed by atoms with Crippen molar-refractivity contribution in [3.63, 3.8) is 0 Å². The van der Waals surface area contributed by atoms with E-state index in [-0.39, 0.29) is 18.5 Å². The van der Waals surface area contributed by atoms with Crippen LogP contribution >= 0.6 is 0 Å². The Balaban J connectivity index is 1.82. The minimum atomic E-state index is -0.497. The lowest BCUT2D eigenvalue weighted by molar-refractivity contribution is -0.160. The highest BCUT2D eigenvalue weighted by Gasteiger charge is 2.30. The molecular formula is C21H33N3O5. The summed E-state index contributed by atoms with van der Waals surface area (Å²) < 4.78 is 15.5. The van der Waals surface area contributed by atoms with Crippen molar-refractivity contribution in [1.29, 1.82) is 0 Å². The Kier molecular flexibility index (Phi) is 7.98. The molecule has 1 aromatic rings. The van der Waals surface area contributed by atoms with Gasteiger partial charge in [0, 0.05) is 37.9 Å². The smallest absolute Gasteiger partial charge is 0.339 e. The SMILES string of the molecule is COC(=O)c1ccc(N2C[C@@H](C)N(CCOCC(=O)OC(C)(C)C)[C@@H](C)C2)nc1. The Morgan fingerprint density at radius 2 is 1.83 bits per heavy atom. The average molecular weight is 408 g/mol. The number of nitrogens with zero attached hydrogens (tertiary/aromatic N) is 3. The van der Waals surface area contributed by atoms with Crippen LogP contribution < -0.4 is 4.90 Å². The van der Waals surface area contributed by atoms with Gasteiger partial charge in [0.15, 0.2) is 0 Å². The number of carbonyl (C=O) groups is 2. The van der Waals surface area contributed by atoms with Crippen LogP contribution in [0, 0.1) is 0 Å². The van der Waals surface area contributed by atoms with Gasteiger partial charge in [-0.05, 0) is 46.8 Å². The van der Waals surface area contributed by atoms with E-state index in [0.717, 1.165) is 25.5 Å². The summed E-state index contributed by atoms with van der Waals surface area (Å²) in [5.41, 5.74) is -0.0544. The molecule has 0 radical (unpaired) electrons. The van der Waals surface area contributed by atoms with Crippen molar-refractivity contribution in [3.05, 3.63) is 23.9 Å². The molecule has 1 fully saturated rings. The molecule has 0 aliphatic carbocycles. The lowest BCUT2D eigenvalue weighted by atomic mass is 10.1. The minimum Gasteiger partial charge on any atom is -0.465 e. The molecule has 8 nitrogen and oxygen atoms in total. The van der Waals surface area contributed by atoms with Crippen LogP contribution in [0.1, 0.15) is 45.0 Å². The zero-order valence-electron chi connectivity index (χ0n) is 18.3. The van der Waals surface area contributed by atoms with Crippen LogP contribution in [0.5, 0.6) is 0 Å². The topological polar surface area (TPSA) is 81.2 Å². The van der Waals surface area contributed by atoms with E-state index in [1.54, 1.807) is 12.3 Å². The summed E-state index contributed by atoms with van der Waals surface area (Å²) in [6.45, 7) is 12.7. The standard InChI is InChI=1S/C21H33N3O5/c1-15-12-23(18-8-7-17(11-22-18)20(26)27-6)13-16(2)24(15)9-10-28-14-19(25)29-21(3,4)5/h7-8,11,15-16H,9-10,12-14H2,1-6H3/t15-,16+. The van der Waals surface area contributed by atoms with Crippen LogP contribution in [0.3, 0.4) is 0 Å². The number of rotatable bonds is 7. The van der Waals surface area contributed by atoms with E-state index < -0.39 is 5.60 Å². The van der Waals surface area contributed by atoms with Gasteiger partial charge in [-0.1, -0.05) is 0 Å². The van der Waals surface area contributed by atoms with Gasteiger partial charge in [-0.25, -0.2) is 14.6 Å². The van der Waals surface area contributed by atoms with Crippen LogP contribution in [0.2, 0.25) is 0 Å². The van der Waals surface area contributed by atoms with Gasteiger partial charge in [0.05, 0.1) is 19.3 Å². The molecule has 29 heavy (non-hydrogen) atoms. The maximum absolute atomic E-state index is 11.7. The summed E-state index contributed by atoms with van der Waals surface area (Å²) in [5, 5.41) is 0. The first kappa shape index (κ1) is 23.1. The Labute approximate surface area is 173 Å². The second kappa shape index (κ2) is 10.0. The number of hydrogen-bond acceptors (Lipinski definition) is 8. The van der Waals surface area contributed by atoms with Gasteiger partial charge in [0.2, 0.25) is 0 Å². The number of piperazine rings is 1. The summed E-state index contributed by atoms with van der Waals surface area (Å²) in [6.07, 6.45) is 1.55. The summed E-state index contributed by atoms with van der Waals surface area (Å²) in [5.74, 6) is 0.115. The van der Waals surface area contributed by atoms with Crippen LogP contribution in [0.15, 0.2) is 18.3 Å². The molecule has 8 heteroatoms. The molecule has 1 aromatic heterocycles. The summed E-state index contributed by atoms with van der Waals surface area (Å²) in [6, 6.07) is 4.18. The average Bonchev–Trinajstić information content (AvgIpc) is 2.64. The van der Waals surface area contributed by atoms with Gasteiger partial charge < -0.3 is 19.1 Å². The number of aromatic nitrogens is 1. The highest BCUT2D eigenvalue weighted by Crippen LogP contribution is 2.21. The maximum atomic E-state index is 11.7. The van der Waals surface area contributed by atoms with Crippen molar-refractivity contribution in [2.45, 2.75) is 52.3 Å². The number of anilines is 1. The van der Waals surface area contributed by atoms with Gasteiger partial charge in [0.1, 0.15) is 18.0 Å². The lowest BCUT2D eigenvalue weighted by Gasteiger charge is -2.44. The number of ether oxygens (including phenoxy) is 3. The first-order valence-electron chi connectivity index (χ1n) is 9.95. The number of pyridine rings is 1. The Hall–Kier alpha value is -2.19. The Bertz CT molecular complexity index is 675. The van der Waals surface area contributed by atoms with Gasteiger partial charge in [0.25, 0.3) is 0 Å².